The zero-order valence-electron chi connectivity index (χ0n) is 9.48. The number of aromatic nitrogens is 3. The van der Waals surface area contributed by atoms with Gasteiger partial charge in [-0.05, 0) is 29.7 Å². The van der Waals surface area contributed by atoms with Crippen LogP contribution >= 0.6 is 11.5 Å². The van der Waals surface area contributed by atoms with Crippen LogP contribution in [0.3, 0.4) is 0 Å². The van der Waals surface area contributed by atoms with Crippen LogP contribution in [0.2, 0.25) is 0 Å². The zero-order valence-corrected chi connectivity index (χ0v) is 10.3. The summed E-state index contributed by atoms with van der Waals surface area (Å²) in [6.07, 6.45) is 3.67. The van der Waals surface area contributed by atoms with Crippen LogP contribution in [0.1, 0.15) is 15.4 Å². The fraction of sp³-hybridized carbons (Fsp3) is 0. The maximum absolute atomic E-state index is 11.7. The average Bonchev–Trinajstić information content (AvgIpc) is 2.91. The van der Waals surface area contributed by atoms with Gasteiger partial charge in [0.15, 0.2) is 0 Å². The first-order valence-corrected chi connectivity index (χ1v) is 5.89. The van der Waals surface area contributed by atoms with Crippen molar-refractivity contribution in [3.8, 4) is 0 Å². The Morgan fingerprint density at radius 3 is 2.89 bits per heavy atom. The molecule has 0 radical (unpaired) electrons. The lowest BCUT2D eigenvalue weighted by Crippen LogP contribution is -2.11. The van der Waals surface area contributed by atoms with Gasteiger partial charge in [0.25, 0.3) is 5.91 Å². The second-order valence-corrected chi connectivity index (χ2v) is 4.14. The van der Waals surface area contributed by atoms with Gasteiger partial charge in [-0.3, -0.25) is 4.79 Å². The number of hydrogen-bond acceptors (Lipinski definition) is 6. The van der Waals surface area contributed by atoms with E-state index in [1.165, 1.54) is 12.3 Å². The molecule has 0 bridgehead atoms. The largest absolute Gasteiger partial charge is 0.478 e. The Hall–Kier alpha value is -2.61. The minimum absolute atomic E-state index is 0.325. The van der Waals surface area contributed by atoms with E-state index < -0.39 is 5.97 Å². The summed E-state index contributed by atoms with van der Waals surface area (Å²) in [5.41, 5.74) is 0.433. The molecular formula is C11H8N4O3S. The Labute approximate surface area is 111 Å². The van der Waals surface area contributed by atoms with Crippen molar-refractivity contribution in [1.82, 2.24) is 14.6 Å². The van der Waals surface area contributed by atoms with Crippen LogP contribution < -0.4 is 5.32 Å². The number of carboxylic acids is 1. The number of hydrogen-bond donors (Lipinski definition) is 2. The van der Waals surface area contributed by atoms with E-state index in [0.717, 1.165) is 17.6 Å². The van der Waals surface area contributed by atoms with Crippen molar-refractivity contribution < 1.29 is 14.7 Å². The molecule has 0 saturated heterocycles. The summed E-state index contributed by atoms with van der Waals surface area (Å²) in [5.74, 6) is -1.10. The van der Waals surface area contributed by atoms with Gasteiger partial charge in [-0.25, -0.2) is 9.78 Å². The number of nitrogens with one attached hydrogen (secondary N) is 1. The third kappa shape index (κ3) is 3.68. The van der Waals surface area contributed by atoms with Crippen LogP contribution in [0.5, 0.6) is 0 Å². The summed E-state index contributed by atoms with van der Waals surface area (Å²) >= 11 is 0.976. The van der Waals surface area contributed by atoms with Gasteiger partial charge < -0.3 is 10.4 Å². The summed E-state index contributed by atoms with van der Waals surface area (Å²) in [6, 6.07) is 4.89. The summed E-state index contributed by atoms with van der Waals surface area (Å²) in [6.45, 7) is 0. The van der Waals surface area contributed by atoms with Gasteiger partial charge in [-0.1, -0.05) is 10.6 Å². The van der Waals surface area contributed by atoms with Crippen LogP contribution in [0.15, 0.2) is 30.5 Å². The van der Waals surface area contributed by atoms with E-state index in [4.69, 9.17) is 5.11 Å². The third-order valence-electron chi connectivity index (χ3n) is 1.99. The molecule has 2 heterocycles. The van der Waals surface area contributed by atoms with Crippen LogP contribution in [0, 0.1) is 0 Å². The number of pyridine rings is 1. The van der Waals surface area contributed by atoms with Gasteiger partial charge in [0.2, 0.25) is 0 Å². The molecule has 2 N–H and O–H groups in total. The number of carboxylic acid groups (broad SMARTS) is 1. The molecule has 0 fully saturated rings. The molecule has 0 saturated carbocycles. The van der Waals surface area contributed by atoms with Crippen molar-refractivity contribution in [2.45, 2.75) is 0 Å². The lowest BCUT2D eigenvalue weighted by atomic mass is 10.3. The smallest absolute Gasteiger partial charge is 0.328 e. The molecule has 0 aromatic carbocycles. The van der Waals surface area contributed by atoms with E-state index in [1.54, 1.807) is 18.2 Å². The summed E-state index contributed by atoms with van der Waals surface area (Å²) in [5, 5.41) is 14.7. The molecular weight excluding hydrogens is 268 g/mol. The summed E-state index contributed by atoms with van der Waals surface area (Å²) < 4.78 is 3.59. The molecule has 19 heavy (non-hydrogen) atoms. The maximum Gasteiger partial charge on any atom is 0.328 e. The number of rotatable bonds is 4. The second kappa shape index (κ2) is 5.83. The molecule has 2 aromatic rings. The Balaban J connectivity index is 2.11. The Morgan fingerprint density at radius 1 is 1.37 bits per heavy atom. The van der Waals surface area contributed by atoms with Crippen molar-refractivity contribution in [2.24, 2.45) is 0 Å². The van der Waals surface area contributed by atoms with Crippen molar-refractivity contribution in [1.29, 1.82) is 0 Å². The molecule has 2 aromatic heterocycles. The topological polar surface area (TPSA) is 105 Å². The van der Waals surface area contributed by atoms with E-state index in [1.807, 2.05) is 0 Å². The fourth-order valence-electron chi connectivity index (χ4n) is 1.22. The van der Waals surface area contributed by atoms with E-state index in [0.29, 0.717) is 16.4 Å². The highest BCUT2D eigenvalue weighted by molar-refractivity contribution is 7.07. The fourth-order valence-corrected chi connectivity index (χ4v) is 1.63. The predicted molar refractivity (Wildman–Crippen MR) is 68.8 cm³/mol. The van der Waals surface area contributed by atoms with E-state index in [2.05, 4.69) is 19.9 Å². The van der Waals surface area contributed by atoms with Crippen molar-refractivity contribution >= 4 is 35.3 Å². The van der Waals surface area contributed by atoms with E-state index >= 15 is 0 Å². The van der Waals surface area contributed by atoms with Crippen molar-refractivity contribution in [2.75, 3.05) is 5.32 Å². The first kappa shape index (κ1) is 12.8. The molecule has 0 aliphatic heterocycles. The highest BCUT2D eigenvalue weighted by atomic mass is 32.1. The highest BCUT2D eigenvalue weighted by Crippen LogP contribution is 2.10. The van der Waals surface area contributed by atoms with Crippen LogP contribution in [0.25, 0.3) is 6.08 Å². The minimum Gasteiger partial charge on any atom is -0.478 e. The SMILES string of the molecule is O=C(O)C=Cc1cccc(NC(=O)c2cnns2)n1. The van der Waals surface area contributed by atoms with Gasteiger partial charge in [-0.2, -0.15) is 0 Å². The Kier molecular flexibility index (Phi) is 3.94. The van der Waals surface area contributed by atoms with Gasteiger partial charge in [0.05, 0.1) is 11.9 Å². The Bertz CT molecular complexity index is 625. The van der Waals surface area contributed by atoms with Crippen molar-refractivity contribution in [3.63, 3.8) is 0 Å². The Morgan fingerprint density at radius 2 is 2.21 bits per heavy atom. The standard InChI is InChI=1S/C11H8N4O3S/c16-10(17)5-4-7-2-1-3-9(13-7)14-11(18)8-6-12-15-19-8/h1-6H,(H,16,17)(H,13,14,18). The van der Waals surface area contributed by atoms with Crippen LogP contribution in [0.4, 0.5) is 5.82 Å². The molecule has 1 amide bonds. The number of anilines is 1. The molecule has 0 aliphatic rings. The molecule has 7 nitrogen and oxygen atoms in total. The third-order valence-corrected chi connectivity index (χ3v) is 2.66. The summed E-state index contributed by atoms with van der Waals surface area (Å²) in [4.78, 5) is 26.6. The lowest BCUT2D eigenvalue weighted by molar-refractivity contribution is -0.131. The maximum atomic E-state index is 11.7. The van der Waals surface area contributed by atoms with Gasteiger partial charge in [0, 0.05) is 6.08 Å². The molecule has 0 unspecified atom stereocenters. The normalized spacial score (nSPS) is 10.5. The summed E-state index contributed by atoms with van der Waals surface area (Å²) in [7, 11) is 0. The molecule has 0 atom stereocenters. The molecule has 0 spiro atoms. The van der Waals surface area contributed by atoms with Gasteiger partial charge in [0.1, 0.15) is 10.7 Å². The number of amides is 1. The second-order valence-electron chi connectivity index (χ2n) is 3.36. The van der Waals surface area contributed by atoms with Gasteiger partial charge >= 0.3 is 5.97 Å². The first-order valence-electron chi connectivity index (χ1n) is 5.12. The molecule has 2 rings (SSSR count). The van der Waals surface area contributed by atoms with E-state index in [-0.39, 0.29) is 5.91 Å². The lowest BCUT2D eigenvalue weighted by Gasteiger charge is -2.02. The number of carbonyl (C=O) groups excluding carboxylic acids is 1. The number of carbonyl (C=O) groups is 2. The molecule has 96 valence electrons. The quantitative estimate of drug-likeness (QED) is 0.815. The van der Waals surface area contributed by atoms with Crippen LogP contribution in [-0.2, 0) is 4.79 Å². The van der Waals surface area contributed by atoms with Crippen LogP contribution in [-0.4, -0.2) is 31.6 Å². The zero-order chi connectivity index (χ0) is 13.7. The predicted octanol–water partition coefficient (Wildman–Crippen LogP) is 1.28. The molecule has 8 heteroatoms. The number of nitrogens with zero attached hydrogens (tertiary/aromatic N) is 3. The molecule has 0 aliphatic carbocycles. The monoisotopic (exact) mass is 276 g/mol. The van der Waals surface area contributed by atoms with E-state index in [9.17, 15) is 9.59 Å². The first-order chi connectivity index (χ1) is 9.15. The minimum atomic E-state index is -1.06. The van der Waals surface area contributed by atoms with Crippen molar-refractivity contribution in [3.05, 3.63) is 41.0 Å². The number of aliphatic carboxylic acids is 1. The average molecular weight is 276 g/mol. The van der Waals surface area contributed by atoms with Gasteiger partial charge in [-0.15, -0.1) is 5.10 Å². The highest BCUT2D eigenvalue weighted by Gasteiger charge is 2.09.